The number of hydrogen-bond donors (Lipinski definition) is 0. The highest BCUT2D eigenvalue weighted by atomic mass is 16.5. The Bertz CT molecular complexity index is 488. The van der Waals surface area contributed by atoms with E-state index >= 15 is 0 Å². The second-order valence-electron chi connectivity index (χ2n) is 5.96. The van der Waals surface area contributed by atoms with Crippen molar-refractivity contribution >= 4 is 11.9 Å². The molecule has 1 saturated carbocycles. The Morgan fingerprint density at radius 1 is 1.24 bits per heavy atom. The van der Waals surface area contributed by atoms with Gasteiger partial charge in [-0.3, -0.25) is 4.79 Å². The van der Waals surface area contributed by atoms with E-state index in [1.165, 1.54) is 6.42 Å². The number of piperidine rings is 1. The fourth-order valence-corrected chi connectivity index (χ4v) is 3.39. The lowest BCUT2D eigenvalue weighted by Gasteiger charge is -2.25. The number of aromatic nitrogens is 2. The Labute approximate surface area is 124 Å². The van der Waals surface area contributed by atoms with Crippen LogP contribution in [-0.2, 0) is 14.9 Å². The molecule has 2 aliphatic rings. The number of anilines is 1. The molecule has 0 N–H and O–H groups in total. The van der Waals surface area contributed by atoms with Crippen LogP contribution in [0.2, 0.25) is 0 Å². The molecule has 2 fully saturated rings. The molecular formula is C15H23N3O3. The average Bonchev–Trinajstić information content (AvgIpc) is 3.18. The summed E-state index contributed by atoms with van der Waals surface area (Å²) in [4.78, 5) is 19.1. The number of rotatable bonds is 4. The van der Waals surface area contributed by atoms with Crippen LogP contribution < -0.4 is 4.90 Å². The molecule has 116 valence electrons. The molecule has 3 rings (SSSR count). The third-order valence-electron chi connectivity index (χ3n) is 4.59. The minimum absolute atomic E-state index is 0.212. The number of hydrogen-bond acceptors (Lipinski definition) is 6. The van der Waals surface area contributed by atoms with E-state index in [2.05, 4.69) is 15.0 Å². The lowest BCUT2D eigenvalue weighted by Crippen LogP contribution is -2.35. The monoisotopic (exact) mass is 293 g/mol. The van der Waals surface area contributed by atoms with Crippen LogP contribution in [-0.4, -0.2) is 35.8 Å². The summed E-state index contributed by atoms with van der Waals surface area (Å²) in [7, 11) is 0. The minimum Gasteiger partial charge on any atom is -0.465 e. The van der Waals surface area contributed by atoms with Crippen molar-refractivity contribution in [3.63, 3.8) is 0 Å². The Kier molecular flexibility index (Phi) is 4.12. The average molecular weight is 293 g/mol. The SMILES string of the molecule is CCOC(=O)C1(c2nc(N3CCCCC3)no2)CCCC1. The van der Waals surface area contributed by atoms with Gasteiger partial charge in [0, 0.05) is 13.1 Å². The predicted octanol–water partition coefficient (Wildman–Crippen LogP) is 2.43. The van der Waals surface area contributed by atoms with E-state index in [1.54, 1.807) is 0 Å². The first-order valence-electron chi connectivity index (χ1n) is 8.02. The molecule has 1 aromatic heterocycles. The molecular weight excluding hydrogens is 270 g/mol. The lowest BCUT2D eigenvalue weighted by atomic mass is 9.86. The van der Waals surface area contributed by atoms with Crippen molar-refractivity contribution in [3.05, 3.63) is 5.89 Å². The largest absolute Gasteiger partial charge is 0.465 e. The van der Waals surface area contributed by atoms with Gasteiger partial charge in [0.25, 0.3) is 5.95 Å². The van der Waals surface area contributed by atoms with Crippen LogP contribution in [0.3, 0.4) is 0 Å². The van der Waals surface area contributed by atoms with Crippen LogP contribution >= 0.6 is 0 Å². The van der Waals surface area contributed by atoms with Gasteiger partial charge in [-0.15, -0.1) is 0 Å². The van der Waals surface area contributed by atoms with Crippen molar-refractivity contribution in [2.45, 2.75) is 57.3 Å². The maximum Gasteiger partial charge on any atom is 0.321 e. The first-order chi connectivity index (χ1) is 10.3. The summed E-state index contributed by atoms with van der Waals surface area (Å²) in [6, 6.07) is 0. The van der Waals surface area contributed by atoms with Gasteiger partial charge in [0.05, 0.1) is 6.61 Å². The van der Waals surface area contributed by atoms with Crippen LogP contribution in [0.15, 0.2) is 4.52 Å². The van der Waals surface area contributed by atoms with Crippen LogP contribution in [0, 0.1) is 0 Å². The van der Waals surface area contributed by atoms with E-state index in [1.807, 2.05) is 6.92 Å². The van der Waals surface area contributed by atoms with E-state index < -0.39 is 5.41 Å². The van der Waals surface area contributed by atoms with Crippen molar-refractivity contribution in [2.24, 2.45) is 0 Å². The molecule has 0 bridgehead atoms. The topological polar surface area (TPSA) is 68.5 Å². The maximum absolute atomic E-state index is 12.4. The number of carbonyl (C=O) groups excluding carboxylic acids is 1. The number of ether oxygens (including phenoxy) is 1. The summed E-state index contributed by atoms with van der Waals surface area (Å²) in [5, 5.41) is 4.10. The first kappa shape index (κ1) is 14.4. The van der Waals surface area contributed by atoms with Crippen molar-refractivity contribution in [1.29, 1.82) is 0 Å². The molecule has 6 nitrogen and oxygen atoms in total. The molecule has 1 saturated heterocycles. The van der Waals surface area contributed by atoms with Gasteiger partial charge in [-0.25, -0.2) is 0 Å². The van der Waals surface area contributed by atoms with Gasteiger partial charge in [0.1, 0.15) is 5.41 Å². The van der Waals surface area contributed by atoms with E-state index in [9.17, 15) is 4.79 Å². The van der Waals surface area contributed by atoms with Crippen molar-refractivity contribution in [3.8, 4) is 0 Å². The van der Waals surface area contributed by atoms with Gasteiger partial charge in [-0.05, 0) is 44.2 Å². The zero-order chi connectivity index (χ0) is 14.7. The zero-order valence-corrected chi connectivity index (χ0v) is 12.6. The van der Waals surface area contributed by atoms with Crippen LogP contribution in [0.1, 0.15) is 57.8 Å². The Hall–Kier alpha value is -1.59. The second-order valence-corrected chi connectivity index (χ2v) is 5.96. The molecule has 21 heavy (non-hydrogen) atoms. The first-order valence-corrected chi connectivity index (χ1v) is 8.02. The standard InChI is InChI=1S/C15H23N3O3/c1-2-20-13(19)15(8-4-5-9-15)12-16-14(17-21-12)18-10-6-3-7-11-18/h2-11H2,1H3. The highest BCUT2D eigenvalue weighted by Crippen LogP contribution is 2.42. The van der Waals surface area contributed by atoms with Crippen molar-refractivity contribution in [2.75, 3.05) is 24.6 Å². The van der Waals surface area contributed by atoms with Gasteiger partial charge in [0.15, 0.2) is 0 Å². The van der Waals surface area contributed by atoms with E-state index in [4.69, 9.17) is 9.26 Å². The van der Waals surface area contributed by atoms with Gasteiger partial charge in [0.2, 0.25) is 5.89 Å². The van der Waals surface area contributed by atoms with E-state index in [0.29, 0.717) is 18.4 Å². The molecule has 0 atom stereocenters. The normalized spacial score (nSPS) is 21.5. The molecule has 0 aromatic carbocycles. The van der Waals surface area contributed by atoms with Crippen LogP contribution in [0.4, 0.5) is 5.95 Å². The third-order valence-corrected chi connectivity index (χ3v) is 4.59. The fourth-order valence-electron chi connectivity index (χ4n) is 3.39. The van der Waals surface area contributed by atoms with Crippen LogP contribution in [0.25, 0.3) is 0 Å². The highest BCUT2D eigenvalue weighted by molar-refractivity contribution is 5.82. The number of carbonyl (C=O) groups is 1. The van der Waals surface area contributed by atoms with Gasteiger partial charge < -0.3 is 14.2 Å². The summed E-state index contributed by atoms with van der Waals surface area (Å²) < 4.78 is 10.7. The van der Waals surface area contributed by atoms with Gasteiger partial charge in [-0.2, -0.15) is 4.98 Å². The summed E-state index contributed by atoms with van der Waals surface area (Å²) in [5.74, 6) is 0.857. The lowest BCUT2D eigenvalue weighted by molar-refractivity contribution is -0.151. The zero-order valence-electron chi connectivity index (χ0n) is 12.6. The molecule has 1 aromatic rings. The summed E-state index contributed by atoms with van der Waals surface area (Å²) in [5.41, 5.74) is -0.711. The summed E-state index contributed by atoms with van der Waals surface area (Å²) in [6.45, 7) is 4.14. The van der Waals surface area contributed by atoms with Gasteiger partial charge in [-0.1, -0.05) is 12.8 Å². The quantitative estimate of drug-likeness (QED) is 0.794. The number of esters is 1. The smallest absolute Gasteiger partial charge is 0.321 e. The summed E-state index contributed by atoms with van der Waals surface area (Å²) >= 11 is 0. The summed E-state index contributed by atoms with van der Waals surface area (Å²) in [6.07, 6.45) is 7.06. The Morgan fingerprint density at radius 2 is 1.95 bits per heavy atom. The molecule has 1 aliphatic carbocycles. The highest BCUT2D eigenvalue weighted by Gasteiger charge is 2.49. The molecule has 0 amide bonds. The van der Waals surface area contributed by atoms with E-state index in [0.717, 1.165) is 51.6 Å². The Balaban J connectivity index is 1.83. The molecule has 1 aliphatic heterocycles. The fraction of sp³-hybridized carbons (Fsp3) is 0.800. The predicted molar refractivity (Wildman–Crippen MR) is 77.1 cm³/mol. The molecule has 0 spiro atoms. The third kappa shape index (κ3) is 2.63. The molecule has 0 unspecified atom stereocenters. The molecule has 6 heteroatoms. The van der Waals surface area contributed by atoms with E-state index in [-0.39, 0.29) is 5.97 Å². The van der Waals surface area contributed by atoms with Gasteiger partial charge >= 0.3 is 5.97 Å². The Morgan fingerprint density at radius 3 is 2.62 bits per heavy atom. The molecule has 2 heterocycles. The maximum atomic E-state index is 12.4. The minimum atomic E-state index is -0.711. The van der Waals surface area contributed by atoms with Crippen LogP contribution in [0.5, 0.6) is 0 Å². The van der Waals surface area contributed by atoms with Crippen molar-refractivity contribution in [1.82, 2.24) is 10.1 Å². The van der Waals surface area contributed by atoms with Crippen molar-refractivity contribution < 1.29 is 14.1 Å². The second kappa shape index (κ2) is 6.03. The molecule has 0 radical (unpaired) electrons. The number of nitrogens with zero attached hydrogens (tertiary/aromatic N) is 3.